The predicted molar refractivity (Wildman–Crippen MR) is 48.1 cm³/mol. The lowest BCUT2D eigenvalue weighted by molar-refractivity contribution is -0.153. The van der Waals surface area contributed by atoms with Gasteiger partial charge in [-0.3, -0.25) is 4.79 Å². The van der Waals surface area contributed by atoms with E-state index in [2.05, 4.69) is 4.74 Å². The lowest BCUT2D eigenvalue weighted by atomic mass is 10.1. The Morgan fingerprint density at radius 1 is 1.44 bits per heavy atom. The van der Waals surface area contributed by atoms with E-state index in [0.717, 1.165) is 0 Å². The monoisotopic (exact) mass is 229 g/mol. The number of rotatable bonds is 3. The van der Waals surface area contributed by atoms with Crippen molar-refractivity contribution in [2.75, 3.05) is 6.61 Å². The molecule has 0 aliphatic rings. The molecular weight excluding hydrogens is 223 g/mol. The standard InChI is InChI=1S/C10H6F3NO2/c11-10(12,13)6-16-9-3-1-2-7(4-14)8(9)5-15/h1-3,5H,6H2. The van der Waals surface area contributed by atoms with E-state index in [-0.39, 0.29) is 16.9 Å². The predicted octanol–water partition coefficient (Wildman–Crippen LogP) is 2.31. The molecule has 84 valence electrons. The average molecular weight is 229 g/mol. The molecule has 0 saturated carbocycles. The number of halogens is 3. The van der Waals surface area contributed by atoms with E-state index in [1.54, 1.807) is 6.07 Å². The first-order chi connectivity index (χ1) is 7.48. The summed E-state index contributed by atoms with van der Waals surface area (Å²) >= 11 is 0. The fourth-order valence-electron chi connectivity index (χ4n) is 1.05. The van der Waals surface area contributed by atoms with Gasteiger partial charge in [-0.2, -0.15) is 18.4 Å². The summed E-state index contributed by atoms with van der Waals surface area (Å²) in [6.45, 7) is -1.50. The Hall–Kier alpha value is -2.03. The summed E-state index contributed by atoms with van der Waals surface area (Å²) in [7, 11) is 0. The lowest BCUT2D eigenvalue weighted by Crippen LogP contribution is -2.19. The Balaban J connectivity index is 2.97. The number of hydrogen-bond acceptors (Lipinski definition) is 3. The third-order valence-corrected chi connectivity index (χ3v) is 1.70. The van der Waals surface area contributed by atoms with Crippen molar-refractivity contribution in [3.8, 4) is 11.8 Å². The van der Waals surface area contributed by atoms with Gasteiger partial charge in [0.05, 0.1) is 11.1 Å². The second kappa shape index (κ2) is 4.66. The van der Waals surface area contributed by atoms with Crippen LogP contribution in [-0.2, 0) is 0 Å². The molecule has 0 N–H and O–H groups in total. The van der Waals surface area contributed by atoms with E-state index in [9.17, 15) is 18.0 Å². The fourth-order valence-corrected chi connectivity index (χ4v) is 1.05. The topological polar surface area (TPSA) is 50.1 Å². The zero-order valence-corrected chi connectivity index (χ0v) is 7.91. The fraction of sp³-hybridized carbons (Fsp3) is 0.200. The summed E-state index contributed by atoms with van der Waals surface area (Å²) in [5.41, 5.74) is -0.191. The van der Waals surface area contributed by atoms with Crippen LogP contribution < -0.4 is 4.74 Å². The first-order valence-electron chi connectivity index (χ1n) is 4.16. The van der Waals surface area contributed by atoms with E-state index in [4.69, 9.17) is 5.26 Å². The Morgan fingerprint density at radius 3 is 2.62 bits per heavy atom. The molecule has 0 aliphatic carbocycles. The summed E-state index contributed by atoms with van der Waals surface area (Å²) < 4.78 is 40.1. The SMILES string of the molecule is N#Cc1cccc(OCC(F)(F)F)c1C=O. The highest BCUT2D eigenvalue weighted by Gasteiger charge is 2.29. The molecule has 0 fully saturated rings. The summed E-state index contributed by atoms with van der Waals surface area (Å²) in [5.74, 6) is -0.244. The molecule has 1 rings (SSSR count). The maximum Gasteiger partial charge on any atom is 0.422 e. The van der Waals surface area contributed by atoms with Gasteiger partial charge in [-0.05, 0) is 12.1 Å². The number of benzene rings is 1. The van der Waals surface area contributed by atoms with Crippen molar-refractivity contribution in [1.29, 1.82) is 5.26 Å². The molecule has 1 aromatic carbocycles. The van der Waals surface area contributed by atoms with Crippen LogP contribution in [0.5, 0.6) is 5.75 Å². The van der Waals surface area contributed by atoms with E-state index in [1.807, 2.05) is 0 Å². The quantitative estimate of drug-likeness (QED) is 0.747. The number of nitriles is 1. The largest absolute Gasteiger partial charge is 0.483 e. The second-order valence-corrected chi connectivity index (χ2v) is 2.85. The summed E-state index contributed by atoms with van der Waals surface area (Å²) in [4.78, 5) is 10.6. The molecule has 0 amide bonds. The van der Waals surface area contributed by atoms with Crippen LogP contribution in [0, 0.1) is 11.3 Å². The smallest absolute Gasteiger partial charge is 0.422 e. The maximum atomic E-state index is 11.9. The Labute approximate surface area is 89.1 Å². The number of aldehydes is 1. The molecule has 3 nitrogen and oxygen atoms in total. The minimum Gasteiger partial charge on any atom is -0.483 e. The molecule has 0 saturated heterocycles. The zero-order valence-electron chi connectivity index (χ0n) is 7.91. The highest BCUT2D eigenvalue weighted by molar-refractivity contribution is 5.83. The molecule has 0 unspecified atom stereocenters. The number of carbonyl (C=O) groups excluding carboxylic acids is 1. The zero-order chi connectivity index (χ0) is 12.2. The van der Waals surface area contributed by atoms with Crippen molar-refractivity contribution < 1.29 is 22.7 Å². The van der Waals surface area contributed by atoms with E-state index in [0.29, 0.717) is 6.29 Å². The van der Waals surface area contributed by atoms with Gasteiger partial charge >= 0.3 is 6.18 Å². The van der Waals surface area contributed by atoms with Crippen LogP contribution >= 0.6 is 0 Å². The Kier molecular flexibility index (Phi) is 3.51. The molecule has 1 aromatic rings. The molecule has 16 heavy (non-hydrogen) atoms. The van der Waals surface area contributed by atoms with Crippen molar-refractivity contribution in [3.05, 3.63) is 29.3 Å². The van der Waals surface area contributed by atoms with E-state index < -0.39 is 12.8 Å². The molecule has 0 radical (unpaired) electrons. The lowest BCUT2D eigenvalue weighted by Gasteiger charge is -2.10. The normalized spacial score (nSPS) is 10.6. The Bertz CT molecular complexity index is 435. The van der Waals surface area contributed by atoms with Crippen LogP contribution in [0.1, 0.15) is 15.9 Å². The molecule has 0 aromatic heterocycles. The van der Waals surface area contributed by atoms with Gasteiger partial charge < -0.3 is 4.74 Å². The summed E-state index contributed by atoms with van der Waals surface area (Å²) in [5, 5.41) is 8.62. The van der Waals surface area contributed by atoms with Crippen LogP contribution in [0.3, 0.4) is 0 Å². The van der Waals surface area contributed by atoms with Crippen molar-refractivity contribution in [3.63, 3.8) is 0 Å². The van der Waals surface area contributed by atoms with Gasteiger partial charge in [0.1, 0.15) is 11.8 Å². The highest BCUT2D eigenvalue weighted by atomic mass is 19.4. The molecule has 0 heterocycles. The number of alkyl halides is 3. The minimum atomic E-state index is -4.48. The third-order valence-electron chi connectivity index (χ3n) is 1.70. The van der Waals surface area contributed by atoms with Crippen molar-refractivity contribution in [1.82, 2.24) is 0 Å². The third kappa shape index (κ3) is 2.98. The number of carbonyl (C=O) groups is 1. The summed E-state index contributed by atoms with van der Waals surface area (Å²) in [6.07, 6.45) is -4.19. The van der Waals surface area contributed by atoms with E-state index >= 15 is 0 Å². The minimum absolute atomic E-state index is 0.0188. The van der Waals surface area contributed by atoms with Crippen molar-refractivity contribution in [2.24, 2.45) is 0 Å². The molecule has 6 heteroatoms. The molecule has 0 bridgehead atoms. The molecule has 0 aliphatic heterocycles. The van der Waals surface area contributed by atoms with Crippen LogP contribution in [0.25, 0.3) is 0 Å². The van der Waals surface area contributed by atoms with Crippen LogP contribution in [0.2, 0.25) is 0 Å². The van der Waals surface area contributed by atoms with Gasteiger partial charge in [-0.25, -0.2) is 0 Å². The first-order valence-corrected chi connectivity index (χ1v) is 4.16. The first kappa shape index (κ1) is 12.0. The number of hydrogen-bond donors (Lipinski definition) is 0. The average Bonchev–Trinajstić information content (AvgIpc) is 2.24. The van der Waals surface area contributed by atoms with E-state index in [1.165, 1.54) is 18.2 Å². The Morgan fingerprint density at radius 2 is 2.12 bits per heavy atom. The maximum absolute atomic E-state index is 11.9. The molecule has 0 atom stereocenters. The van der Waals surface area contributed by atoms with Crippen molar-refractivity contribution >= 4 is 6.29 Å². The number of ether oxygens (including phenoxy) is 1. The summed E-state index contributed by atoms with van der Waals surface area (Å²) in [6, 6.07) is 5.56. The molecule has 0 spiro atoms. The van der Waals surface area contributed by atoms with Gasteiger partial charge in [0.15, 0.2) is 12.9 Å². The van der Waals surface area contributed by atoms with Crippen LogP contribution in [0.15, 0.2) is 18.2 Å². The van der Waals surface area contributed by atoms with Crippen LogP contribution in [-0.4, -0.2) is 19.1 Å². The highest BCUT2D eigenvalue weighted by Crippen LogP contribution is 2.23. The van der Waals surface area contributed by atoms with Crippen LogP contribution in [0.4, 0.5) is 13.2 Å². The number of nitrogens with zero attached hydrogens (tertiary/aromatic N) is 1. The van der Waals surface area contributed by atoms with Gasteiger partial charge in [-0.1, -0.05) is 6.07 Å². The van der Waals surface area contributed by atoms with Gasteiger partial charge in [0, 0.05) is 0 Å². The van der Waals surface area contributed by atoms with Gasteiger partial charge in [0.2, 0.25) is 0 Å². The molecular formula is C10H6F3NO2. The second-order valence-electron chi connectivity index (χ2n) is 2.85. The van der Waals surface area contributed by atoms with Gasteiger partial charge in [0.25, 0.3) is 0 Å². The van der Waals surface area contributed by atoms with Gasteiger partial charge in [-0.15, -0.1) is 0 Å². The van der Waals surface area contributed by atoms with Crippen molar-refractivity contribution in [2.45, 2.75) is 6.18 Å².